The van der Waals surface area contributed by atoms with E-state index >= 15 is 0 Å². The van der Waals surface area contributed by atoms with Crippen LogP contribution in [0.5, 0.6) is 0 Å². The van der Waals surface area contributed by atoms with Gasteiger partial charge in [0.25, 0.3) is 0 Å². The van der Waals surface area contributed by atoms with Crippen LogP contribution < -0.4 is 0 Å². The summed E-state index contributed by atoms with van der Waals surface area (Å²) in [5.41, 5.74) is 1.79. The number of rotatable bonds is 2. The molecule has 3 rings (SSSR count). The molecule has 1 aromatic heterocycles. The zero-order chi connectivity index (χ0) is 11.8. The van der Waals surface area contributed by atoms with E-state index in [0.29, 0.717) is 12.6 Å². The van der Waals surface area contributed by atoms with Gasteiger partial charge in [-0.25, -0.2) is 0 Å². The van der Waals surface area contributed by atoms with Gasteiger partial charge in [0.1, 0.15) is 0 Å². The monoisotopic (exact) mass is 296 g/mol. The highest BCUT2D eigenvalue weighted by molar-refractivity contribution is 9.10. The van der Waals surface area contributed by atoms with E-state index in [0.717, 1.165) is 34.1 Å². The van der Waals surface area contributed by atoms with Gasteiger partial charge in [-0.05, 0) is 24.6 Å². The minimum absolute atomic E-state index is 0.0342. The van der Waals surface area contributed by atoms with Crippen LogP contribution in [0.15, 0.2) is 22.7 Å². The van der Waals surface area contributed by atoms with Gasteiger partial charge < -0.3 is 9.84 Å². The number of hydrogen-bond acceptors (Lipinski definition) is 3. The number of aliphatic hydroxyl groups excluding tert-OH is 1. The molecule has 1 atom stereocenters. The van der Waals surface area contributed by atoms with Crippen molar-refractivity contribution in [3.63, 3.8) is 0 Å². The summed E-state index contributed by atoms with van der Waals surface area (Å²) in [7, 11) is 0. The van der Waals surface area contributed by atoms with Gasteiger partial charge in [0.2, 0.25) is 0 Å². The van der Waals surface area contributed by atoms with Gasteiger partial charge in [0.15, 0.2) is 0 Å². The van der Waals surface area contributed by atoms with Crippen molar-refractivity contribution in [2.45, 2.75) is 19.1 Å². The highest BCUT2D eigenvalue weighted by Crippen LogP contribution is 2.28. The number of ether oxygens (including phenoxy) is 1. The fraction of sp³-hybridized carbons (Fsp3) is 0.417. The molecule has 0 spiro atoms. The Hall–Kier alpha value is -0.910. The summed E-state index contributed by atoms with van der Waals surface area (Å²) in [4.78, 5) is 0. The minimum Gasteiger partial charge on any atom is -0.390 e. The molecule has 1 N–H and O–H groups in total. The second kappa shape index (κ2) is 4.40. The van der Waals surface area contributed by atoms with Crippen molar-refractivity contribution in [3.05, 3.63) is 28.4 Å². The molecule has 0 bridgehead atoms. The van der Waals surface area contributed by atoms with E-state index in [1.165, 1.54) is 0 Å². The third-order valence-electron chi connectivity index (χ3n) is 3.15. The average molecular weight is 297 g/mol. The predicted octanol–water partition coefficient (Wildman–Crippen LogP) is 2.25. The molecule has 0 aliphatic carbocycles. The predicted molar refractivity (Wildman–Crippen MR) is 67.8 cm³/mol. The summed E-state index contributed by atoms with van der Waals surface area (Å²) in [6, 6.07) is 6.32. The van der Waals surface area contributed by atoms with Gasteiger partial charge in [-0.2, -0.15) is 5.10 Å². The first kappa shape index (κ1) is 11.2. The van der Waals surface area contributed by atoms with Crippen molar-refractivity contribution in [1.82, 2.24) is 9.78 Å². The Bertz CT molecular complexity index is 547. The van der Waals surface area contributed by atoms with Crippen molar-refractivity contribution in [3.8, 4) is 0 Å². The van der Waals surface area contributed by atoms with E-state index in [1.54, 1.807) is 0 Å². The Morgan fingerprint density at radius 2 is 2.41 bits per heavy atom. The van der Waals surface area contributed by atoms with E-state index < -0.39 is 0 Å². The van der Waals surface area contributed by atoms with Crippen LogP contribution in [0.1, 0.15) is 18.2 Å². The molecule has 1 aliphatic rings. The maximum Gasteiger partial charge on any atom is 0.0958 e. The number of halogens is 1. The van der Waals surface area contributed by atoms with Crippen molar-refractivity contribution in [1.29, 1.82) is 0 Å². The van der Waals surface area contributed by atoms with Gasteiger partial charge >= 0.3 is 0 Å². The molecular weight excluding hydrogens is 284 g/mol. The summed E-state index contributed by atoms with van der Waals surface area (Å²) in [6.45, 7) is 1.46. The van der Waals surface area contributed by atoms with Crippen LogP contribution >= 0.6 is 15.9 Å². The van der Waals surface area contributed by atoms with Gasteiger partial charge in [-0.3, -0.25) is 4.68 Å². The standard InChI is InChI=1S/C12H13BrN2O2/c13-8-1-2-12-10(5-8)11(6-16)14-15(12)9-3-4-17-7-9/h1-2,5,9,16H,3-4,6-7H2. The smallest absolute Gasteiger partial charge is 0.0958 e. The molecular formula is C12H13BrN2O2. The normalized spacial score (nSPS) is 20.2. The number of hydrogen-bond donors (Lipinski definition) is 1. The first-order chi connectivity index (χ1) is 8.29. The number of aliphatic hydroxyl groups is 1. The molecule has 0 radical (unpaired) electrons. The summed E-state index contributed by atoms with van der Waals surface area (Å²) < 4.78 is 8.38. The number of nitrogens with zero attached hydrogens (tertiary/aromatic N) is 2. The molecule has 4 nitrogen and oxygen atoms in total. The SMILES string of the molecule is OCc1nn(C2CCOC2)c2ccc(Br)cc12. The lowest BCUT2D eigenvalue weighted by molar-refractivity contribution is 0.185. The second-order valence-electron chi connectivity index (χ2n) is 4.23. The molecule has 1 saturated heterocycles. The van der Waals surface area contributed by atoms with Crippen LogP contribution in [0, 0.1) is 0 Å². The van der Waals surface area contributed by atoms with E-state index in [9.17, 15) is 5.11 Å². The van der Waals surface area contributed by atoms with Crippen molar-refractivity contribution in [2.24, 2.45) is 0 Å². The quantitative estimate of drug-likeness (QED) is 0.925. The highest BCUT2D eigenvalue weighted by atomic mass is 79.9. The summed E-state index contributed by atoms with van der Waals surface area (Å²) in [5, 5.41) is 14.9. The second-order valence-corrected chi connectivity index (χ2v) is 5.14. The molecule has 5 heteroatoms. The molecule has 0 amide bonds. The first-order valence-electron chi connectivity index (χ1n) is 5.65. The van der Waals surface area contributed by atoms with Gasteiger partial charge in [0, 0.05) is 16.5 Å². The van der Waals surface area contributed by atoms with Crippen molar-refractivity contribution < 1.29 is 9.84 Å². The Morgan fingerprint density at radius 3 is 3.12 bits per heavy atom. The summed E-state index contributed by atoms with van der Waals surface area (Å²) >= 11 is 3.45. The van der Waals surface area contributed by atoms with Gasteiger partial charge in [-0.15, -0.1) is 0 Å². The lowest BCUT2D eigenvalue weighted by Crippen LogP contribution is -2.10. The Labute approximate surface area is 107 Å². The summed E-state index contributed by atoms with van der Waals surface area (Å²) in [5.74, 6) is 0. The zero-order valence-corrected chi connectivity index (χ0v) is 10.9. The number of fused-ring (bicyclic) bond motifs is 1. The summed E-state index contributed by atoms with van der Waals surface area (Å²) in [6.07, 6.45) is 0.984. The molecule has 1 fully saturated rings. The topological polar surface area (TPSA) is 47.3 Å². The fourth-order valence-corrected chi connectivity index (χ4v) is 2.65. The van der Waals surface area contributed by atoms with Gasteiger partial charge in [-0.1, -0.05) is 15.9 Å². The number of aromatic nitrogens is 2. The Morgan fingerprint density at radius 1 is 1.53 bits per heavy atom. The van der Waals surface area contributed by atoms with Crippen LogP contribution in [0.2, 0.25) is 0 Å². The van der Waals surface area contributed by atoms with Crippen LogP contribution in [-0.2, 0) is 11.3 Å². The molecule has 2 heterocycles. The van der Waals surface area contributed by atoms with Crippen LogP contribution in [-0.4, -0.2) is 28.1 Å². The first-order valence-corrected chi connectivity index (χ1v) is 6.44. The molecule has 1 aromatic carbocycles. The third-order valence-corrected chi connectivity index (χ3v) is 3.64. The van der Waals surface area contributed by atoms with Gasteiger partial charge in [0.05, 0.1) is 30.5 Å². The largest absolute Gasteiger partial charge is 0.390 e. The van der Waals surface area contributed by atoms with E-state index in [2.05, 4.69) is 21.0 Å². The van der Waals surface area contributed by atoms with Crippen LogP contribution in [0.4, 0.5) is 0 Å². The van der Waals surface area contributed by atoms with Crippen molar-refractivity contribution in [2.75, 3.05) is 13.2 Å². The van der Waals surface area contributed by atoms with E-state index in [-0.39, 0.29) is 6.61 Å². The maximum atomic E-state index is 9.36. The minimum atomic E-state index is -0.0342. The fourth-order valence-electron chi connectivity index (χ4n) is 2.29. The van der Waals surface area contributed by atoms with E-state index in [4.69, 9.17) is 4.74 Å². The van der Waals surface area contributed by atoms with Crippen LogP contribution in [0.25, 0.3) is 10.9 Å². The lowest BCUT2D eigenvalue weighted by atomic mass is 10.2. The molecule has 0 saturated carbocycles. The molecule has 17 heavy (non-hydrogen) atoms. The molecule has 1 aliphatic heterocycles. The Kier molecular flexibility index (Phi) is 2.90. The number of benzene rings is 1. The van der Waals surface area contributed by atoms with E-state index in [1.807, 2.05) is 22.9 Å². The lowest BCUT2D eigenvalue weighted by Gasteiger charge is -2.09. The van der Waals surface area contributed by atoms with Crippen LogP contribution in [0.3, 0.4) is 0 Å². The zero-order valence-electron chi connectivity index (χ0n) is 9.27. The average Bonchev–Trinajstić information content (AvgIpc) is 2.94. The van der Waals surface area contributed by atoms with Crippen molar-refractivity contribution >= 4 is 26.8 Å². The molecule has 90 valence electrons. The molecule has 1 unspecified atom stereocenters. The highest BCUT2D eigenvalue weighted by Gasteiger charge is 2.21. The maximum absolute atomic E-state index is 9.36. The third kappa shape index (κ3) is 1.88. The Balaban J connectivity index is 2.17. The molecule has 2 aromatic rings.